The van der Waals surface area contributed by atoms with Crippen molar-refractivity contribution >= 4 is 34.4 Å². The van der Waals surface area contributed by atoms with E-state index in [0.29, 0.717) is 0 Å². The predicted octanol–water partition coefficient (Wildman–Crippen LogP) is 3.74. The number of rotatable bonds is 4. The third-order valence-electron chi connectivity index (χ3n) is 2.41. The van der Waals surface area contributed by atoms with Crippen LogP contribution in [0, 0.1) is 10.1 Å². The number of Topliss-reactive ketones (excluding diaryl/α,β-unsaturated/α-hetero) is 1. The Morgan fingerprint density at radius 1 is 1.39 bits per heavy atom. The minimum atomic E-state index is -0.591. The van der Waals surface area contributed by atoms with Crippen LogP contribution in [-0.4, -0.2) is 10.7 Å². The second-order valence-electron chi connectivity index (χ2n) is 3.62. The number of nitrogens with zero attached hydrogens (tertiary/aromatic N) is 1. The van der Waals surface area contributed by atoms with Crippen molar-refractivity contribution < 1.29 is 9.72 Å². The maximum atomic E-state index is 12.1. The quantitative estimate of drug-likeness (QED) is 0.487. The molecule has 0 radical (unpaired) electrons. The van der Waals surface area contributed by atoms with Crippen molar-refractivity contribution in [3.63, 3.8) is 0 Å². The van der Waals surface area contributed by atoms with Gasteiger partial charge in [-0.15, -0.1) is 0 Å². The van der Waals surface area contributed by atoms with E-state index in [0.717, 1.165) is 5.56 Å². The zero-order valence-electron chi connectivity index (χ0n) is 9.13. The Labute approximate surface area is 112 Å². The lowest BCUT2D eigenvalue weighted by atomic mass is 10.0. The summed E-state index contributed by atoms with van der Waals surface area (Å²) in [7, 11) is 0. The topological polar surface area (TPSA) is 60.2 Å². The van der Waals surface area contributed by atoms with Gasteiger partial charge in [-0.25, -0.2) is 0 Å². The van der Waals surface area contributed by atoms with Gasteiger partial charge in [0.05, 0.1) is 9.95 Å². The van der Waals surface area contributed by atoms with Gasteiger partial charge in [-0.2, -0.15) is 11.3 Å². The normalized spacial score (nSPS) is 10.3. The molecule has 1 aromatic carbocycles. The largest absolute Gasteiger partial charge is 0.293 e. The smallest absolute Gasteiger partial charge is 0.281 e. The van der Waals surface area contributed by atoms with Crippen molar-refractivity contribution in [3.05, 3.63) is 61.3 Å². The first-order valence-electron chi connectivity index (χ1n) is 5.07. The van der Waals surface area contributed by atoms with Gasteiger partial charge < -0.3 is 0 Å². The molecule has 1 heterocycles. The van der Waals surface area contributed by atoms with Crippen molar-refractivity contribution in [2.75, 3.05) is 0 Å². The fraction of sp³-hybridized carbons (Fsp3) is 0.0833. The fourth-order valence-corrected chi connectivity index (χ4v) is 2.55. The molecule has 0 aliphatic heterocycles. The summed E-state index contributed by atoms with van der Waals surface area (Å²) in [6.45, 7) is 0. The Kier molecular flexibility index (Phi) is 3.74. The lowest BCUT2D eigenvalue weighted by molar-refractivity contribution is -0.385. The number of hydrogen-bond acceptors (Lipinski definition) is 4. The summed E-state index contributed by atoms with van der Waals surface area (Å²) in [6.07, 6.45) is 0.119. The third kappa shape index (κ3) is 2.57. The number of carbonyl (C=O) groups excluding carboxylic acids is 1. The molecule has 4 nitrogen and oxygen atoms in total. The molecule has 0 saturated carbocycles. The maximum Gasteiger partial charge on any atom is 0.281 e. The highest BCUT2D eigenvalue weighted by Gasteiger charge is 2.23. The summed E-state index contributed by atoms with van der Waals surface area (Å²) in [5, 5.41) is 14.7. The Morgan fingerprint density at radius 3 is 2.78 bits per heavy atom. The van der Waals surface area contributed by atoms with E-state index in [1.165, 1.54) is 29.5 Å². The second-order valence-corrected chi connectivity index (χ2v) is 4.81. The molecular formula is C12H8ClNO3S. The summed E-state index contributed by atoms with van der Waals surface area (Å²) >= 11 is 7.36. The summed E-state index contributed by atoms with van der Waals surface area (Å²) in [5.41, 5.74) is 0.567. The van der Waals surface area contributed by atoms with Crippen LogP contribution in [0.25, 0.3) is 0 Å². The summed E-state index contributed by atoms with van der Waals surface area (Å²) in [5.74, 6) is -0.342. The molecular weight excluding hydrogens is 274 g/mol. The molecule has 92 valence electrons. The van der Waals surface area contributed by atoms with E-state index in [4.69, 9.17) is 11.6 Å². The zero-order chi connectivity index (χ0) is 13.1. The molecule has 6 heteroatoms. The van der Waals surface area contributed by atoms with Crippen LogP contribution in [0.3, 0.4) is 0 Å². The minimum Gasteiger partial charge on any atom is -0.293 e. The maximum absolute atomic E-state index is 12.1. The number of ketones is 1. The average Bonchev–Trinajstić information content (AvgIpc) is 2.81. The molecule has 0 aliphatic carbocycles. The molecule has 1 aromatic heterocycles. The first-order chi connectivity index (χ1) is 8.59. The van der Waals surface area contributed by atoms with Gasteiger partial charge in [-0.05, 0) is 28.5 Å². The molecule has 0 amide bonds. The first kappa shape index (κ1) is 12.7. The van der Waals surface area contributed by atoms with Gasteiger partial charge in [-0.1, -0.05) is 17.7 Å². The zero-order valence-corrected chi connectivity index (χ0v) is 10.7. The number of carbonyl (C=O) groups is 1. The van der Waals surface area contributed by atoms with E-state index in [1.807, 2.05) is 16.8 Å². The van der Waals surface area contributed by atoms with Gasteiger partial charge in [0.15, 0.2) is 5.78 Å². The Balaban J connectivity index is 2.38. The van der Waals surface area contributed by atoms with Gasteiger partial charge in [0, 0.05) is 12.5 Å². The number of nitro groups is 1. The van der Waals surface area contributed by atoms with E-state index >= 15 is 0 Å². The average molecular weight is 282 g/mol. The van der Waals surface area contributed by atoms with Crippen LogP contribution in [0.4, 0.5) is 5.69 Å². The van der Waals surface area contributed by atoms with Gasteiger partial charge >= 0.3 is 0 Å². The van der Waals surface area contributed by atoms with Crippen LogP contribution in [0.1, 0.15) is 15.9 Å². The van der Waals surface area contributed by atoms with E-state index in [1.54, 1.807) is 0 Å². The molecule has 2 aromatic rings. The van der Waals surface area contributed by atoms with Crippen LogP contribution >= 0.6 is 22.9 Å². The van der Waals surface area contributed by atoms with Gasteiger partial charge in [0.2, 0.25) is 0 Å². The minimum absolute atomic E-state index is 0.0182. The third-order valence-corrected chi connectivity index (χ3v) is 3.46. The predicted molar refractivity (Wildman–Crippen MR) is 70.5 cm³/mol. The van der Waals surface area contributed by atoms with E-state index in [-0.39, 0.29) is 28.5 Å². The molecule has 0 spiro atoms. The molecule has 0 bridgehead atoms. The highest BCUT2D eigenvalue weighted by Crippen LogP contribution is 2.27. The van der Waals surface area contributed by atoms with Crippen LogP contribution in [0.2, 0.25) is 5.02 Å². The van der Waals surface area contributed by atoms with Crippen LogP contribution in [-0.2, 0) is 6.42 Å². The number of benzene rings is 1. The van der Waals surface area contributed by atoms with Crippen molar-refractivity contribution in [1.82, 2.24) is 0 Å². The molecule has 0 unspecified atom stereocenters. The summed E-state index contributed by atoms with van der Waals surface area (Å²) < 4.78 is 0. The van der Waals surface area contributed by atoms with Crippen molar-refractivity contribution in [1.29, 1.82) is 0 Å². The van der Waals surface area contributed by atoms with Crippen LogP contribution in [0.5, 0.6) is 0 Å². The number of nitro benzene ring substituents is 1. The molecule has 0 fully saturated rings. The number of halogens is 1. The monoisotopic (exact) mass is 281 g/mol. The Hall–Kier alpha value is -1.72. The molecule has 0 saturated heterocycles. The number of thiophene rings is 1. The first-order valence-corrected chi connectivity index (χ1v) is 6.39. The molecule has 2 rings (SSSR count). The lowest BCUT2D eigenvalue weighted by Gasteiger charge is -2.03. The molecule has 0 aliphatic rings. The Morgan fingerprint density at radius 2 is 2.17 bits per heavy atom. The van der Waals surface area contributed by atoms with Gasteiger partial charge in [-0.3, -0.25) is 14.9 Å². The van der Waals surface area contributed by atoms with Crippen molar-refractivity contribution in [2.45, 2.75) is 6.42 Å². The highest BCUT2D eigenvalue weighted by atomic mass is 35.5. The second kappa shape index (κ2) is 5.29. The Bertz CT molecular complexity index is 595. The SMILES string of the molecule is O=C(Cc1ccsc1)c1c(Cl)cccc1[N+](=O)[O-]. The fourth-order valence-electron chi connectivity index (χ4n) is 1.61. The van der Waals surface area contributed by atoms with Crippen molar-refractivity contribution in [2.24, 2.45) is 0 Å². The van der Waals surface area contributed by atoms with Crippen LogP contribution < -0.4 is 0 Å². The van der Waals surface area contributed by atoms with E-state index in [2.05, 4.69) is 0 Å². The molecule has 0 atom stereocenters. The van der Waals surface area contributed by atoms with E-state index in [9.17, 15) is 14.9 Å². The van der Waals surface area contributed by atoms with E-state index < -0.39 is 4.92 Å². The standard InChI is InChI=1S/C12H8ClNO3S/c13-9-2-1-3-10(14(16)17)12(9)11(15)6-8-4-5-18-7-8/h1-5,7H,6H2. The van der Waals surface area contributed by atoms with Crippen molar-refractivity contribution in [3.8, 4) is 0 Å². The lowest BCUT2D eigenvalue weighted by Crippen LogP contribution is -2.07. The molecule has 0 N–H and O–H groups in total. The summed E-state index contributed by atoms with van der Waals surface area (Å²) in [6, 6.07) is 6.04. The molecule has 18 heavy (non-hydrogen) atoms. The van der Waals surface area contributed by atoms with Gasteiger partial charge in [0.25, 0.3) is 5.69 Å². The van der Waals surface area contributed by atoms with Gasteiger partial charge in [0.1, 0.15) is 5.56 Å². The number of hydrogen-bond donors (Lipinski definition) is 0. The van der Waals surface area contributed by atoms with Crippen LogP contribution in [0.15, 0.2) is 35.0 Å². The highest BCUT2D eigenvalue weighted by molar-refractivity contribution is 7.08. The summed E-state index contributed by atoms with van der Waals surface area (Å²) in [4.78, 5) is 22.4.